The Morgan fingerprint density at radius 3 is 2.79 bits per heavy atom. The molecule has 1 saturated carbocycles. The molecule has 0 bridgehead atoms. The molecule has 0 spiro atoms. The van der Waals surface area contributed by atoms with Crippen molar-refractivity contribution in [3.63, 3.8) is 0 Å². The lowest BCUT2D eigenvalue weighted by atomic mass is 10.0. The fraction of sp³-hybridized carbons (Fsp3) is 0.733. The maximum Gasteiger partial charge on any atom is 0.220 e. The molecule has 0 unspecified atom stereocenters. The minimum atomic E-state index is 0.222. The summed E-state index contributed by atoms with van der Waals surface area (Å²) in [6, 6.07) is 2.08. The predicted molar refractivity (Wildman–Crippen MR) is 75.9 cm³/mol. The summed E-state index contributed by atoms with van der Waals surface area (Å²) in [6.45, 7) is 5.71. The topological polar surface area (TPSA) is 46.9 Å². The van der Waals surface area contributed by atoms with E-state index in [1.165, 1.54) is 31.4 Å². The number of aromatic nitrogens is 2. The van der Waals surface area contributed by atoms with E-state index >= 15 is 0 Å². The van der Waals surface area contributed by atoms with Gasteiger partial charge in [0.1, 0.15) is 0 Å². The largest absolute Gasteiger partial charge is 0.356 e. The SMILES string of the molecule is Cc1cc(C)n(CCCNC(=O)CC2CCCC2)n1. The van der Waals surface area contributed by atoms with Crippen molar-refractivity contribution in [3.8, 4) is 0 Å². The Kier molecular flexibility index (Phi) is 5.00. The number of hydrogen-bond acceptors (Lipinski definition) is 2. The molecule has 1 aliphatic rings. The van der Waals surface area contributed by atoms with E-state index in [0.29, 0.717) is 5.92 Å². The van der Waals surface area contributed by atoms with Gasteiger partial charge >= 0.3 is 0 Å². The Bertz CT molecular complexity index is 419. The van der Waals surface area contributed by atoms with Crippen LogP contribution < -0.4 is 5.32 Å². The highest BCUT2D eigenvalue weighted by Gasteiger charge is 2.17. The number of carbonyl (C=O) groups excluding carboxylic acids is 1. The van der Waals surface area contributed by atoms with Crippen LogP contribution >= 0.6 is 0 Å². The molecule has 1 aromatic heterocycles. The first-order valence-electron chi connectivity index (χ1n) is 7.43. The van der Waals surface area contributed by atoms with Crippen molar-refractivity contribution in [3.05, 3.63) is 17.5 Å². The van der Waals surface area contributed by atoms with Crippen LogP contribution in [0.2, 0.25) is 0 Å². The van der Waals surface area contributed by atoms with Crippen LogP contribution in [0.5, 0.6) is 0 Å². The molecule has 1 aliphatic carbocycles. The molecule has 1 aromatic rings. The average Bonchev–Trinajstić information content (AvgIpc) is 2.95. The normalized spacial score (nSPS) is 15.9. The molecule has 4 nitrogen and oxygen atoms in total. The fourth-order valence-electron chi connectivity index (χ4n) is 2.91. The third kappa shape index (κ3) is 4.37. The molecule has 1 amide bonds. The lowest BCUT2D eigenvalue weighted by Gasteiger charge is -2.10. The zero-order valence-electron chi connectivity index (χ0n) is 12.1. The summed E-state index contributed by atoms with van der Waals surface area (Å²) in [6.07, 6.45) is 6.74. The van der Waals surface area contributed by atoms with E-state index in [1.54, 1.807) is 0 Å². The molecule has 0 aromatic carbocycles. The molecule has 0 radical (unpaired) electrons. The smallest absolute Gasteiger partial charge is 0.220 e. The quantitative estimate of drug-likeness (QED) is 0.802. The standard InChI is InChI=1S/C15H25N3O/c1-12-10-13(2)18(17-12)9-5-8-16-15(19)11-14-6-3-4-7-14/h10,14H,3-9,11H2,1-2H3,(H,16,19). The van der Waals surface area contributed by atoms with Crippen molar-refractivity contribution < 1.29 is 4.79 Å². The van der Waals surface area contributed by atoms with Crippen LogP contribution in [0.25, 0.3) is 0 Å². The second kappa shape index (κ2) is 6.73. The van der Waals surface area contributed by atoms with Crippen LogP contribution in [-0.4, -0.2) is 22.2 Å². The lowest BCUT2D eigenvalue weighted by Crippen LogP contribution is -2.26. The van der Waals surface area contributed by atoms with Crippen molar-refractivity contribution in [2.75, 3.05) is 6.54 Å². The van der Waals surface area contributed by atoms with E-state index in [4.69, 9.17) is 0 Å². The third-order valence-electron chi connectivity index (χ3n) is 3.92. The van der Waals surface area contributed by atoms with E-state index < -0.39 is 0 Å². The third-order valence-corrected chi connectivity index (χ3v) is 3.92. The van der Waals surface area contributed by atoms with Gasteiger partial charge < -0.3 is 5.32 Å². The highest BCUT2D eigenvalue weighted by atomic mass is 16.1. The second-order valence-corrected chi connectivity index (χ2v) is 5.71. The fourth-order valence-corrected chi connectivity index (χ4v) is 2.91. The number of nitrogens with zero attached hydrogens (tertiary/aromatic N) is 2. The zero-order valence-corrected chi connectivity index (χ0v) is 12.1. The molecule has 4 heteroatoms. The summed E-state index contributed by atoms with van der Waals surface area (Å²) >= 11 is 0. The Morgan fingerprint density at radius 2 is 2.16 bits per heavy atom. The molecule has 2 rings (SSSR count). The van der Waals surface area contributed by atoms with Gasteiger partial charge in [0.15, 0.2) is 0 Å². The molecular formula is C15H25N3O. The Balaban J connectivity index is 1.61. The van der Waals surface area contributed by atoms with Gasteiger partial charge in [0.05, 0.1) is 5.69 Å². The van der Waals surface area contributed by atoms with Crippen LogP contribution in [-0.2, 0) is 11.3 Å². The number of nitrogens with one attached hydrogen (secondary N) is 1. The number of carbonyl (C=O) groups is 1. The molecule has 1 heterocycles. The number of amides is 1. The van der Waals surface area contributed by atoms with E-state index in [-0.39, 0.29) is 5.91 Å². The van der Waals surface area contributed by atoms with Gasteiger partial charge in [0.2, 0.25) is 5.91 Å². The number of aryl methyl sites for hydroxylation is 3. The summed E-state index contributed by atoms with van der Waals surface area (Å²) in [5, 5.41) is 7.44. The average molecular weight is 263 g/mol. The first-order chi connectivity index (χ1) is 9.15. The zero-order chi connectivity index (χ0) is 13.7. The van der Waals surface area contributed by atoms with Crippen LogP contribution in [0, 0.1) is 19.8 Å². The lowest BCUT2D eigenvalue weighted by molar-refractivity contribution is -0.121. The Labute approximate surface area is 115 Å². The highest BCUT2D eigenvalue weighted by molar-refractivity contribution is 5.76. The number of rotatable bonds is 6. The monoisotopic (exact) mass is 263 g/mol. The molecule has 0 saturated heterocycles. The van der Waals surface area contributed by atoms with E-state index in [0.717, 1.165) is 31.6 Å². The van der Waals surface area contributed by atoms with Crippen molar-refractivity contribution >= 4 is 5.91 Å². The van der Waals surface area contributed by atoms with Crippen LogP contribution in [0.3, 0.4) is 0 Å². The summed E-state index contributed by atoms with van der Waals surface area (Å²) < 4.78 is 2.01. The van der Waals surface area contributed by atoms with Crippen LogP contribution in [0.4, 0.5) is 0 Å². The van der Waals surface area contributed by atoms with Gasteiger partial charge in [-0.2, -0.15) is 5.10 Å². The van der Waals surface area contributed by atoms with Crippen molar-refractivity contribution in [1.82, 2.24) is 15.1 Å². The van der Waals surface area contributed by atoms with Gasteiger partial charge in [-0.3, -0.25) is 9.48 Å². The van der Waals surface area contributed by atoms with Crippen molar-refractivity contribution in [2.24, 2.45) is 5.92 Å². The molecule has 0 atom stereocenters. The molecule has 19 heavy (non-hydrogen) atoms. The van der Waals surface area contributed by atoms with Crippen molar-refractivity contribution in [1.29, 1.82) is 0 Å². The van der Waals surface area contributed by atoms with Gasteiger partial charge in [-0.1, -0.05) is 12.8 Å². The molecule has 1 N–H and O–H groups in total. The van der Waals surface area contributed by atoms with Crippen LogP contribution in [0.15, 0.2) is 6.07 Å². The minimum absolute atomic E-state index is 0.222. The van der Waals surface area contributed by atoms with Crippen molar-refractivity contribution in [2.45, 2.75) is 58.9 Å². The van der Waals surface area contributed by atoms with Gasteiger partial charge in [-0.15, -0.1) is 0 Å². The van der Waals surface area contributed by atoms with E-state index in [2.05, 4.69) is 23.4 Å². The Hall–Kier alpha value is -1.32. The predicted octanol–water partition coefficient (Wildman–Crippen LogP) is 2.59. The molecule has 0 aliphatic heterocycles. The number of hydrogen-bond donors (Lipinski definition) is 1. The summed E-state index contributed by atoms with van der Waals surface area (Å²) in [5.41, 5.74) is 2.25. The molecule has 106 valence electrons. The van der Waals surface area contributed by atoms with E-state index in [9.17, 15) is 4.79 Å². The van der Waals surface area contributed by atoms with Gasteiger partial charge in [-0.05, 0) is 45.1 Å². The highest BCUT2D eigenvalue weighted by Crippen LogP contribution is 2.27. The maximum absolute atomic E-state index is 11.7. The summed E-state index contributed by atoms with van der Waals surface area (Å²) in [5.74, 6) is 0.858. The van der Waals surface area contributed by atoms with Gasteiger partial charge in [0.25, 0.3) is 0 Å². The van der Waals surface area contributed by atoms with Gasteiger partial charge in [0, 0.05) is 25.2 Å². The van der Waals surface area contributed by atoms with Gasteiger partial charge in [-0.25, -0.2) is 0 Å². The Morgan fingerprint density at radius 1 is 1.42 bits per heavy atom. The maximum atomic E-state index is 11.7. The molecule has 1 fully saturated rings. The second-order valence-electron chi connectivity index (χ2n) is 5.71. The first kappa shape index (κ1) is 14.1. The molecular weight excluding hydrogens is 238 g/mol. The summed E-state index contributed by atoms with van der Waals surface area (Å²) in [4.78, 5) is 11.7. The van der Waals surface area contributed by atoms with E-state index in [1.807, 2.05) is 11.6 Å². The van der Waals surface area contributed by atoms with Crippen LogP contribution in [0.1, 0.15) is 49.9 Å². The summed E-state index contributed by atoms with van der Waals surface area (Å²) in [7, 11) is 0. The minimum Gasteiger partial charge on any atom is -0.356 e. The first-order valence-corrected chi connectivity index (χ1v) is 7.43.